The summed E-state index contributed by atoms with van der Waals surface area (Å²) in [4.78, 5) is 3.80. The molecule has 2 N–H and O–H groups in total. The fourth-order valence-corrected chi connectivity index (χ4v) is 1.10. The monoisotopic (exact) mass is 230 g/mol. The van der Waals surface area contributed by atoms with Crippen molar-refractivity contribution in [3.63, 3.8) is 0 Å². The Balaban J connectivity index is 3.10. The molecule has 1 aromatic rings. The third-order valence-corrected chi connectivity index (χ3v) is 1.70. The van der Waals surface area contributed by atoms with E-state index in [1.165, 1.54) is 6.07 Å². The van der Waals surface area contributed by atoms with Crippen LogP contribution >= 0.6 is 15.9 Å². The summed E-state index contributed by atoms with van der Waals surface area (Å²) in [7, 11) is 0. The van der Waals surface area contributed by atoms with Crippen molar-refractivity contribution in [3.05, 3.63) is 28.5 Å². The van der Waals surface area contributed by atoms with Crippen LogP contribution in [0.15, 0.2) is 27.7 Å². The second kappa shape index (κ2) is 3.67. The summed E-state index contributed by atoms with van der Waals surface area (Å²) < 4.78 is 13.7. The molecule has 0 aliphatic heterocycles. The Morgan fingerprint density at radius 3 is 2.75 bits per heavy atom. The lowest BCUT2D eigenvalue weighted by Crippen LogP contribution is -2.04. The van der Waals surface area contributed by atoms with E-state index < -0.39 is 0 Å². The molecule has 0 saturated heterocycles. The van der Waals surface area contributed by atoms with Crippen LogP contribution < -0.4 is 5.73 Å². The molecule has 64 valence electrons. The third-order valence-electron chi connectivity index (χ3n) is 1.21. The summed E-state index contributed by atoms with van der Waals surface area (Å²) >= 11 is 3.14. The first-order valence-electron chi connectivity index (χ1n) is 3.35. The number of amidine groups is 1. The lowest BCUT2D eigenvalue weighted by atomic mass is 10.3. The molecule has 0 fully saturated rings. The summed E-state index contributed by atoms with van der Waals surface area (Å²) in [5, 5.41) is 0. The van der Waals surface area contributed by atoms with Crippen molar-refractivity contribution in [1.29, 1.82) is 0 Å². The number of rotatable bonds is 1. The van der Waals surface area contributed by atoms with Gasteiger partial charge in [-0.25, -0.2) is 9.38 Å². The first-order chi connectivity index (χ1) is 5.59. The van der Waals surface area contributed by atoms with Crippen LogP contribution in [0, 0.1) is 5.82 Å². The fraction of sp³-hybridized carbons (Fsp3) is 0.125. The first-order valence-corrected chi connectivity index (χ1v) is 4.14. The van der Waals surface area contributed by atoms with Crippen LogP contribution in [0.4, 0.5) is 10.1 Å². The number of nitrogens with two attached hydrogens (primary N) is 1. The zero-order valence-electron chi connectivity index (χ0n) is 6.51. The van der Waals surface area contributed by atoms with Gasteiger partial charge in [0, 0.05) is 4.47 Å². The molecular weight excluding hydrogens is 223 g/mol. The van der Waals surface area contributed by atoms with Crippen molar-refractivity contribution < 1.29 is 4.39 Å². The standard InChI is InChI=1S/C8H8BrFN2/c1-5(11)12-8-3-2-6(9)4-7(8)10/h2-4H,1H3,(H2,11,12). The third kappa shape index (κ3) is 2.30. The Morgan fingerprint density at radius 1 is 1.58 bits per heavy atom. The van der Waals surface area contributed by atoms with E-state index in [9.17, 15) is 4.39 Å². The van der Waals surface area contributed by atoms with Gasteiger partial charge >= 0.3 is 0 Å². The zero-order valence-corrected chi connectivity index (χ0v) is 8.10. The number of nitrogens with zero attached hydrogens (tertiary/aromatic N) is 1. The van der Waals surface area contributed by atoms with Crippen LogP contribution in [0.1, 0.15) is 6.92 Å². The van der Waals surface area contributed by atoms with Gasteiger partial charge in [-0.15, -0.1) is 0 Å². The summed E-state index contributed by atoms with van der Waals surface area (Å²) in [6.07, 6.45) is 0. The minimum atomic E-state index is -0.380. The average molecular weight is 231 g/mol. The van der Waals surface area contributed by atoms with E-state index in [1.54, 1.807) is 19.1 Å². The van der Waals surface area contributed by atoms with Gasteiger partial charge in [0.2, 0.25) is 0 Å². The lowest BCUT2D eigenvalue weighted by Gasteiger charge is -1.97. The Bertz CT molecular complexity index is 319. The van der Waals surface area contributed by atoms with Gasteiger partial charge in [-0.2, -0.15) is 0 Å². The molecule has 0 aliphatic carbocycles. The van der Waals surface area contributed by atoms with Crippen molar-refractivity contribution in [3.8, 4) is 0 Å². The Labute approximate surface area is 78.4 Å². The Kier molecular flexibility index (Phi) is 2.81. The minimum absolute atomic E-state index is 0.262. The SMILES string of the molecule is CC(N)=Nc1ccc(Br)cc1F. The molecule has 0 unspecified atom stereocenters. The first kappa shape index (κ1) is 9.19. The van der Waals surface area contributed by atoms with Crippen LogP contribution in [0.3, 0.4) is 0 Å². The minimum Gasteiger partial charge on any atom is -0.387 e. The fourth-order valence-electron chi connectivity index (χ4n) is 0.762. The van der Waals surface area contributed by atoms with Crippen LogP contribution in [0.2, 0.25) is 0 Å². The van der Waals surface area contributed by atoms with Crippen molar-refractivity contribution in [2.75, 3.05) is 0 Å². The van der Waals surface area contributed by atoms with E-state index >= 15 is 0 Å². The number of halogens is 2. The smallest absolute Gasteiger partial charge is 0.149 e. The molecule has 0 spiro atoms. The predicted molar refractivity (Wildman–Crippen MR) is 51.1 cm³/mol. The summed E-state index contributed by atoms with van der Waals surface area (Å²) in [6, 6.07) is 4.63. The highest BCUT2D eigenvalue weighted by molar-refractivity contribution is 9.10. The summed E-state index contributed by atoms with van der Waals surface area (Å²) in [5.74, 6) is -0.0367. The molecule has 0 amide bonds. The van der Waals surface area contributed by atoms with E-state index in [4.69, 9.17) is 5.73 Å². The normalized spacial score (nSPS) is 11.8. The molecule has 0 saturated carbocycles. The predicted octanol–water partition coefficient (Wildman–Crippen LogP) is 2.60. The lowest BCUT2D eigenvalue weighted by molar-refractivity contribution is 0.629. The van der Waals surface area contributed by atoms with Gasteiger partial charge in [-0.3, -0.25) is 0 Å². The van der Waals surface area contributed by atoms with Crippen molar-refractivity contribution >= 4 is 27.5 Å². The number of benzene rings is 1. The molecule has 2 nitrogen and oxygen atoms in total. The van der Waals surface area contributed by atoms with E-state index in [2.05, 4.69) is 20.9 Å². The van der Waals surface area contributed by atoms with Gasteiger partial charge in [0.05, 0.1) is 5.84 Å². The zero-order chi connectivity index (χ0) is 9.14. The summed E-state index contributed by atoms with van der Waals surface area (Å²) in [6.45, 7) is 1.61. The molecular formula is C8H8BrFN2. The topological polar surface area (TPSA) is 38.4 Å². The number of aliphatic imine (C=N–C) groups is 1. The maximum Gasteiger partial charge on any atom is 0.149 e. The Hall–Kier alpha value is -0.900. The van der Waals surface area contributed by atoms with Crippen molar-refractivity contribution in [2.24, 2.45) is 10.7 Å². The van der Waals surface area contributed by atoms with Gasteiger partial charge in [-0.05, 0) is 25.1 Å². The molecule has 0 heterocycles. The molecule has 12 heavy (non-hydrogen) atoms. The summed E-state index contributed by atoms with van der Waals surface area (Å²) in [5.41, 5.74) is 5.57. The van der Waals surface area contributed by atoms with Crippen LogP contribution in [-0.4, -0.2) is 5.84 Å². The van der Waals surface area contributed by atoms with E-state index in [0.29, 0.717) is 10.3 Å². The van der Waals surface area contributed by atoms with Crippen molar-refractivity contribution in [1.82, 2.24) is 0 Å². The van der Waals surface area contributed by atoms with Crippen molar-refractivity contribution in [2.45, 2.75) is 6.92 Å². The van der Waals surface area contributed by atoms with Crippen LogP contribution in [0.5, 0.6) is 0 Å². The van der Waals surface area contributed by atoms with Crippen LogP contribution in [0.25, 0.3) is 0 Å². The molecule has 1 rings (SSSR count). The molecule has 0 aliphatic rings. The largest absolute Gasteiger partial charge is 0.387 e. The maximum absolute atomic E-state index is 13.0. The molecule has 1 aromatic carbocycles. The van der Waals surface area contributed by atoms with Gasteiger partial charge in [0.25, 0.3) is 0 Å². The van der Waals surface area contributed by atoms with E-state index in [1.807, 2.05) is 0 Å². The van der Waals surface area contributed by atoms with Gasteiger partial charge < -0.3 is 5.73 Å². The van der Waals surface area contributed by atoms with Crippen LogP contribution in [-0.2, 0) is 0 Å². The second-order valence-electron chi connectivity index (χ2n) is 2.35. The van der Waals surface area contributed by atoms with E-state index in [0.717, 1.165) is 0 Å². The highest BCUT2D eigenvalue weighted by atomic mass is 79.9. The van der Waals surface area contributed by atoms with Gasteiger partial charge in [0.1, 0.15) is 11.5 Å². The van der Waals surface area contributed by atoms with Gasteiger partial charge in [0.15, 0.2) is 0 Å². The Morgan fingerprint density at radius 2 is 2.25 bits per heavy atom. The molecule has 0 aromatic heterocycles. The number of hydrogen-bond donors (Lipinski definition) is 1. The van der Waals surface area contributed by atoms with Gasteiger partial charge in [-0.1, -0.05) is 15.9 Å². The molecule has 0 radical (unpaired) electrons. The maximum atomic E-state index is 13.0. The highest BCUT2D eigenvalue weighted by Gasteiger charge is 1.99. The highest BCUT2D eigenvalue weighted by Crippen LogP contribution is 2.21. The second-order valence-corrected chi connectivity index (χ2v) is 3.26. The average Bonchev–Trinajstić information content (AvgIpc) is 1.94. The number of hydrogen-bond acceptors (Lipinski definition) is 1. The van der Waals surface area contributed by atoms with E-state index in [-0.39, 0.29) is 11.5 Å². The molecule has 4 heteroatoms. The quantitative estimate of drug-likeness (QED) is 0.585. The molecule has 0 atom stereocenters. The molecule has 0 bridgehead atoms.